The summed E-state index contributed by atoms with van der Waals surface area (Å²) < 4.78 is 10.8. The van der Waals surface area contributed by atoms with Crippen LogP contribution >= 0.6 is 11.6 Å². The predicted octanol–water partition coefficient (Wildman–Crippen LogP) is 2.31. The van der Waals surface area contributed by atoms with E-state index in [0.717, 1.165) is 12.5 Å². The van der Waals surface area contributed by atoms with Crippen molar-refractivity contribution in [1.29, 1.82) is 0 Å². The summed E-state index contributed by atoms with van der Waals surface area (Å²) in [6.45, 7) is 6.67. The average Bonchev–Trinajstić information content (AvgIpc) is 2.47. The van der Waals surface area contributed by atoms with Gasteiger partial charge in [0, 0.05) is 20.2 Å². The predicted molar refractivity (Wildman–Crippen MR) is 87.4 cm³/mol. The summed E-state index contributed by atoms with van der Waals surface area (Å²) in [4.78, 5) is 4.48. The van der Waals surface area contributed by atoms with Crippen molar-refractivity contribution in [3.8, 4) is 5.75 Å². The molecule has 0 amide bonds. The molecule has 2 N–H and O–H groups in total. The third kappa shape index (κ3) is 7.20. The minimum Gasteiger partial charge on any atom is -0.487 e. The Morgan fingerprint density at radius 3 is 2.76 bits per heavy atom. The third-order valence-electron chi connectivity index (χ3n) is 2.61. The number of hydrogen-bond donors (Lipinski definition) is 2. The molecule has 1 aromatic carbocycles. The molecule has 21 heavy (non-hydrogen) atoms. The van der Waals surface area contributed by atoms with Crippen molar-refractivity contribution in [2.45, 2.75) is 20.0 Å². The van der Waals surface area contributed by atoms with Crippen LogP contribution in [0.4, 0.5) is 0 Å². The Labute approximate surface area is 131 Å². The van der Waals surface area contributed by atoms with Crippen LogP contribution in [0.1, 0.15) is 13.8 Å². The lowest BCUT2D eigenvalue weighted by atomic mass is 10.3. The van der Waals surface area contributed by atoms with E-state index < -0.39 is 0 Å². The Kier molecular flexibility index (Phi) is 8.62. The van der Waals surface area contributed by atoms with Crippen LogP contribution < -0.4 is 15.4 Å². The summed E-state index contributed by atoms with van der Waals surface area (Å²) in [6.07, 6.45) is -0.0669. The number of methoxy groups -OCH3 is 1. The number of guanidine groups is 1. The van der Waals surface area contributed by atoms with E-state index in [4.69, 9.17) is 21.1 Å². The number of rotatable bonds is 8. The normalized spacial score (nSPS) is 12.9. The number of aliphatic imine (C=N–C) groups is 1. The minimum atomic E-state index is -0.0669. The molecule has 0 bridgehead atoms. The Balaban J connectivity index is 2.48. The number of benzene rings is 1. The summed E-state index contributed by atoms with van der Waals surface area (Å²) in [5.41, 5.74) is 0. The standard InChI is InChI=1S/C15H24ClN3O2/c1-4-17-15(18-9-10-20-3)19-11-12(2)21-14-8-6-5-7-13(14)16/h5-8,12H,4,9-11H2,1-3H3,(H2,17,18,19). The van der Waals surface area contributed by atoms with Crippen LogP contribution in [0.2, 0.25) is 5.02 Å². The van der Waals surface area contributed by atoms with Gasteiger partial charge >= 0.3 is 0 Å². The summed E-state index contributed by atoms with van der Waals surface area (Å²) in [7, 11) is 1.67. The van der Waals surface area contributed by atoms with Crippen molar-refractivity contribution >= 4 is 17.6 Å². The summed E-state index contributed by atoms with van der Waals surface area (Å²) >= 11 is 6.07. The van der Waals surface area contributed by atoms with E-state index >= 15 is 0 Å². The smallest absolute Gasteiger partial charge is 0.191 e. The minimum absolute atomic E-state index is 0.0669. The zero-order valence-electron chi connectivity index (χ0n) is 12.9. The first-order valence-corrected chi connectivity index (χ1v) is 7.47. The highest BCUT2D eigenvalue weighted by Crippen LogP contribution is 2.24. The molecular weight excluding hydrogens is 290 g/mol. The van der Waals surface area contributed by atoms with Gasteiger partial charge in [-0.2, -0.15) is 0 Å². The first-order chi connectivity index (χ1) is 10.2. The highest BCUT2D eigenvalue weighted by Gasteiger charge is 2.07. The second-order valence-corrected chi connectivity index (χ2v) is 4.91. The SMILES string of the molecule is CCNC(=NCC(C)Oc1ccccc1Cl)NCCOC. The number of halogens is 1. The van der Waals surface area contributed by atoms with E-state index in [1.807, 2.05) is 38.1 Å². The van der Waals surface area contributed by atoms with Crippen molar-refractivity contribution in [3.05, 3.63) is 29.3 Å². The Bertz CT molecular complexity index is 441. The molecule has 5 nitrogen and oxygen atoms in total. The van der Waals surface area contributed by atoms with Crippen molar-refractivity contribution in [2.75, 3.05) is 33.4 Å². The average molecular weight is 314 g/mol. The van der Waals surface area contributed by atoms with Crippen LogP contribution in [-0.2, 0) is 4.74 Å². The van der Waals surface area contributed by atoms with Gasteiger partial charge in [0.2, 0.25) is 0 Å². The lowest BCUT2D eigenvalue weighted by Crippen LogP contribution is -2.39. The van der Waals surface area contributed by atoms with E-state index in [2.05, 4.69) is 15.6 Å². The van der Waals surface area contributed by atoms with E-state index in [-0.39, 0.29) is 6.10 Å². The number of para-hydroxylation sites is 1. The van der Waals surface area contributed by atoms with Crippen molar-refractivity contribution in [1.82, 2.24) is 10.6 Å². The van der Waals surface area contributed by atoms with Crippen LogP contribution in [0.25, 0.3) is 0 Å². The first-order valence-electron chi connectivity index (χ1n) is 7.09. The van der Waals surface area contributed by atoms with Gasteiger partial charge in [0.1, 0.15) is 11.9 Å². The van der Waals surface area contributed by atoms with Gasteiger partial charge in [-0.15, -0.1) is 0 Å². The van der Waals surface area contributed by atoms with E-state index in [0.29, 0.717) is 30.5 Å². The zero-order valence-corrected chi connectivity index (χ0v) is 13.6. The Hall–Kier alpha value is -1.46. The molecular formula is C15H24ClN3O2. The molecule has 118 valence electrons. The second kappa shape index (κ2) is 10.3. The zero-order chi connectivity index (χ0) is 15.5. The second-order valence-electron chi connectivity index (χ2n) is 4.50. The molecule has 0 fully saturated rings. The van der Waals surface area contributed by atoms with Crippen molar-refractivity contribution in [3.63, 3.8) is 0 Å². The fraction of sp³-hybridized carbons (Fsp3) is 0.533. The molecule has 0 saturated carbocycles. The quantitative estimate of drug-likeness (QED) is 0.439. The number of ether oxygens (including phenoxy) is 2. The monoisotopic (exact) mass is 313 g/mol. The molecule has 0 aliphatic rings. The van der Waals surface area contributed by atoms with Gasteiger partial charge in [-0.3, -0.25) is 0 Å². The van der Waals surface area contributed by atoms with Crippen molar-refractivity contribution in [2.24, 2.45) is 4.99 Å². The van der Waals surface area contributed by atoms with Gasteiger partial charge in [-0.05, 0) is 26.0 Å². The van der Waals surface area contributed by atoms with Gasteiger partial charge in [-0.1, -0.05) is 23.7 Å². The lowest BCUT2D eigenvalue weighted by Gasteiger charge is -2.15. The summed E-state index contributed by atoms with van der Waals surface area (Å²) in [6, 6.07) is 7.43. The van der Waals surface area contributed by atoms with Crippen LogP contribution in [0.5, 0.6) is 5.75 Å². The molecule has 6 heteroatoms. The maximum Gasteiger partial charge on any atom is 0.191 e. The molecule has 0 aliphatic carbocycles. The topological polar surface area (TPSA) is 54.9 Å². The Morgan fingerprint density at radius 2 is 2.10 bits per heavy atom. The molecule has 0 spiro atoms. The van der Waals surface area contributed by atoms with Crippen LogP contribution in [0, 0.1) is 0 Å². The maximum absolute atomic E-state index is 6.07. The molecule has 1 unspecified atom stereocenters. The first kappa shape index (κ1) is 17.6. The lowest BCUT2D eigenvalue weighted by molar-refractivity contribution is 0.203. The molecule has 0 saturated heterocycles. The molecule has 1 aromatic rings. The van der Waals surface area contributed by atoms with Crippen molar-refractivity contribution < 1.29 is 9.47 Å². The summed E-state index contributed by atoms with van der Waals surface area (Å²) in [5.74, 6) is 1.43. The number of nitrogens with one attached hydrogen (secondary N) is 2. The van der Waals surface area contributed by atoms with E-state index in [1.165, 1.54) is 0 Å². The van der Waals surface area contributed by atoms with Gasteiger partial charge in [0.15, 0.2) is 5.96 Å². The van der Waals surface area contributed by atoms with Gasteiger partial charge in [0.25, 0.3) is 0 Å². The highest BCUT2D eigenvalue weighted by atomic mass is 35.5. The molecule has 1 atom stereocenters. The largest absolute Gasteiger partial charge is 0.487 e. The van der Waals surface area contributed by atoms with Crippen LogP contribution in [0.3, 0.4) is 0 Å². The molecule has 0 aliphatic heterocycles. The fourth-order valence-electron chi connectivity index (χ4n) is 1.63. The Morgan fingerprint density at radius 1 is 1.33 bits per heavy atom. The molecule has 1 rings (SSSR count). The highest BCUT2D eigenvalue weighted by molar-refractivity contribution is 6.32. The van der Waals surface area contributed by atoms with E-state index in [9.17, 15) is 0 Å². The number of hydrogen-bond acceptors (Lipinski definition) is 3. The van der Waals surface area contributed by atoms with E-state index in [1.54, 1.807) is 7.11 Å². The number of nitrogens with zero attached hydrogens (tertiary/aromatic N) is 1. The fourth-order valence-corrected chi connectivity index (χ4v) is 1.81. The molecule has 0 heterocycles. The summed E-state index contributed by atoms with van der Waals surface area (Å²) in [5, 5.41) is 6.97. The maximum atomic E-state index is 6.07. The molecule has 0 aromatic heterocycles. The van der Waals surface area contributed by atoms with Gasteiger partial charge < -0.3 is 20.1 Å². The third-order valence-corrected chi connectivity index (χ3v) is 2.93. The van der Waals surface area contributed by atoms with Crippen LogP contribution in [-0.4, -0.2) is 45.4 Å². The van der Waals surface area contributed by atoms with Crippen LogP contribution in [0.15, 0.2) is 29.3 Å². The van der Waals surface area contributed by atoms with Gasteiger partial charge in [0.05, 0.1) is 18.2 Å². The van der Waals surface area contributed by atoms with Gasteiger partial charge in [-0.25, -0.2) is 4.99 Å². The molecule has 0 radical (unpaired) electrons.